The molecule has 0 atom stereocenters. The lowest BCUT2D eigenvalue weighted by Crippen LogP contribution is -1.99. The predicted molar refractivity (Wildman–Crippen MR) is 67.3 cm³/mol. The molecule has 0 bridgehead atoms. The maximum atomic E-state index is 11.0. The molecule has 3 nitrogen and oxygen atoms in total. The molecule has 0 saturated heterocycles. The van der Waals surface area contributed by atoms with Crippen molar-refractivity contribution in [3.8, 4) is 11.3 Å². The minimum atomic E-state index is 0.197. The average molecular weight is 247 g/mol. The zero-order valence-corrected chi connectivity index (χ0v) is 10.3. The van der Waals surface area contributed by atoms with Gasteiger partial charge in [-0.1, -0.05) is 41.4 Å². The number of carbonyl (C=O) groups is 1. The van der Waals surface area contributed by atoms with Gasteiger partial charge in [0, 0.05) is 5.56 Å². The second-order valence-corrected chi connectivity index (χ2v) is 4.17. The molecule has 1 aromatic heterocycles. The van der Waals surface area contributed by atoms with Crippen molar-refractivity contribution in [1.29, 1.82) is 0 Å². The Kier molecular flexibility index (Phi) is 3.20. The highest BCUT2D eigenvalue weighted by molar-refractivity contribution is 6.32. The third kappa shape index (κ3) is 2.34. The van der Waals surface area contributed by atoms with Crippen molar-refractivity contribution in [3.05, 3.63) is 46.4 Å². The summed E-state index contributed by atoms with van der Waals surface area (Å²) >= 11 is 5.93. The zero-order chi connectivity index (χ0) is 12.4. The van der Waals surface area contributed by atoms with Gasteiger partial charge in [-0.2, -0.15) is 0 Å². The van der Waals surface area contributed by atoms with E-state index in [-0.39, 0.29) is 5.15 Å². The molecular weight excluding hydrogens is 236 g/mol. The van der Waals surface area contributed by atoms with Crippen LogP contribution in [0.1, 0.15) is 21.7 Å². The molecule has 4 heteroatoms. The zero-order valence-electron chi connectivity index (χ0n) is 9.57. The summed E-state index contributed by atoms with van der Waals surface area (Å²) in [6.07, 6.45) is 0.691. The van der Waals surface area contributed by atoms with Crippen LogP contribution in [0.2, 0.25) is 5.15 Å². The SMILES string of the molecule is Cc1ccc(-c2nc(C)nc(Cl)c2C=O)cc1. The second kappa shape index (κ2) is 4.63. The standard InChI is InChI=1S/C13H11ClN2O/c1-8-3-5-10(6-4-8)12-11(7-17)13(14)16-9(2)15-12/h3-7H,1-2H3. The fourth-order valence-corrected chi connectivity index (χ4v) is 1.84. The van der Waals surface area contributed by atoms with Crippen LogP contribution in [-0.4, -0.2) is 16.3 Å². The highest BCUT2D eigenvalue weighted by atomic mass is 35.5. The Morgan fingerprint density at radius 3 is 2.35 bits per heavy atom. The van der Waals surface area contributed by atoms with E-state index >= 15 is 0 Å². The third-order valence-corrected chi connectivity index (χ3v) is 2.74. The summed E-state index contributed by atoms with van der Waals surface area (Å²) in [5, 5.41) is 0.197. The third-order valence-electron chi connectivity index (χ3n) is 2.45. The molecule has 0 fully saturated rings. The highest BCUT2D eigenvalue weighted by Crippen LogP contribution is 2.25. The predicted octanol–water partition coefficient (Wildman–Crippen LogP) is 3.23. The Bertz CT molecular complexity index is 564. The molecule has 0 radical (unpaired) electrons. The van der Waals surface area contributed by atoms with E-state index in [0.717, 1.165) is 11.1 Å². The molecule has 1 aromatic carbocycles. The number of halogens is 1. The minimum Gasteiger partial charge on any atom is -0.298 e. The molecule has 0 aliphatic carbocycles. The van der Waals surface area contributed by atoms with E-state index in [1.54, 1.807) is 6.92 Å². The number of rotatable bonds is 2. The maximum absolute atomic E-state index is 11.0. The highest BCUT2D eigenvalue weighted by Gasteiger charge is 2.12. The Morgan fingerprint density at radius 1 is 1.12 bits per heavy atom. The summed E-state index contributed by atoms with van der Waals surface area (Å²) in [5.41, 5.74) is 2.93. The van der Waals surface area contributed by atoms with Crippen molar-refractivity contribution in [3.63, 3.8) is 0 Å². The molecule has 0 spiro atoms. The molecule has 0 aliphatic heterocycles. The monoisotopic (exact) mass is 246 g/mol. The van der Waals surface area contributed by atoms with Crippen molar-refractivity contribution in [1.82, 2.24) is 9.97 Å². The first-order valence-corrected chi connectivity index (χ1v) is 5.56. The number of hydrogen-bond acceptors (Lipinski definition) is 3. The van der Waals surface area contributed by atoms with Gasteiger partial charge in [-0.15, -0.1) is 0 Å². The number of aldehydes is 1. The minimum absolute atomic E-state index is 0.197. The summed E-state index contributed by atoms with van der Waals surface area (Å²) in [7, 11) is 0. The first-order chi connectivity index (χ1) is 8.11. The number of benzene rings is 1. The van der Waals surface area contributed by atoms with Gasteiger partial charge in [0.1, 0.15) is 11.0 Å². The van der Waals surface area contributed by atoms with Gasteiger partial charge in [0.05, 0.1) is 11.3 Å². The Balaban J connectivity index is 2.65. The van der Waals surface area contributed by atoms with Crippen LogP contribution in [0, 0.1) is 13.8 Å². The fraction of sp³-hybridized carbons (Fsp3) is 0.154. The normalized spacial score (nSPS) is 10.3. The van der Waals surface area contributed by atoms with Crippen LogP contribution in [0.25, 0.3) is 11.3 Å². The largest absolute Gasteiger partial charge is 0.298 e. The Labute approximate surface area is 104 Å². The molecule has 0 amide bonds. The summed E-state index contributed by atoms with van der Waals surface area (Å²) in [4.78, 5) is 19.3. The topological polar surface area (TPSA) is 42.9 Å². The quantitative estimate of drug-likeness (QED) is 0.604. The summed E-state index contributed by atoms with van der Waals surface area (Å²) in [5.74, 6) is 0.552. The van der Waals surface area contributed by atoms with Crippen LogP contribution in [0.4, 0.5) is 0 Å². The van der Waals surface area contributed by atoms with E-state index < -0.39 is 0 Å². The lowest BCUT2D eigenvalue weighted by Gasteiger charge is -2.07. The molecule has 0 N–H and O–H groups in total. The second-order valence-electron chi connectivity index (χ2n) is 3.81. The van der Waals surface area contributed by atoms with Crippen LogP contribution in [0.15, 0.2) is 24.3 Å². The van der Waals surface area contributed by atoms with Gasteiger partial charge in [0.15, 0.2) is 6.29 Å². The molecule has 1 heterocycles. The first-order valence-electron chi connectivity index (χ1n) is 5.18. The van der Waals surface area contributed by atoms with Crippen molar-refractivity contribution in [2.24, 2.45) is 0 Å². The number of aromatic nitrogens is 2. The van der Waals surface area contributed by atoms with E-state index in [1.807, 2.05) is 31.2 Å². The average Bonchev–Trinajstić information content (AvgIpc) is 2.29. The number of hydrogen-bond donors (Lipinski definition) is 0. The molecular formula is C13H11ClN2O. The van der Waals surface area contributed by atoms with Gasteiger partial charge in [-0.25, -0.2) is 9.97 Å². The maximum Gasteiger partial charge on any atom is 0.155 e. The van der Waals surface area contributed by atoms with Crippen molar-refractivity contribution in [2.75, 3.05) is 0 Å². The van der Waals surface area contributed by atoms with Gasteiger partial charge < -0.3 is 0 Å². The molecule has 2 aromatic rings. The number of aryl methyl sites for hydroxylation is 2. The van der Waals surface area contributed by atoms with E-state index in [0.29, 0.717) is 23.4 Å². The van der Waals surface area contributed by atoms with Crippen LogP contribution >= 0.6 is 11.6 Å². The van der Waals surface area contributed by atoms with E-state index in [1.165, 1.54) is 0 Å². The van der Waals surface area contributed by atoms with Crippen LogP contribution in [0.3, 0.4) is 0 Å². The van der Waals surface area contributed by atoms with Gasteiger partial charge in [0.25, 0.3) is 0 Å². The Hall–Kier alpha value is -1.74. The molecule has 17 heavy (non-hydrogen) atoms. The van der Waals surface area contributed by atoms with Gasteiger partial charge >= 0.3 is 0 Å². The lowest BCUT2D eigenvalue weighted by atomic mass is 10.1. The first kappa shape index (κ1) is 11.7. The smallest absolute Gasteiger partial charge is 0.155 e. The molecule has 86 valence electrons. The molecule has 0 unspecified atom stereocenters. The summed E-state index contributed by atoms with van der Waals surface area (Å²) in [6, 6.07) is 7.77. The molecule has 0 aliphatic rings. The van der Waals surface area contributed by atoms with Gasteiger partial charge in [0.2, 0.25) is 0 Å². The number of carbonyl (C=O) groups excluding carboxylic acids is 1. The van der Waals surface area contributed by atoms with Gasteiger partial charge in [-0.3, -0.25) is 4.79 Å². The van der Waals surface area contributed by atoms with Crippen molar-refractivity contribution < 1.29 is 4.79 Å². The van der Waals surface area contributed by atoms with Gasteiger partial charge in [-0.05, 0) is 13.8 Å². The molecule has 2 rings (SSSR count). The summed E-state index contributed by atoms with van der Waals surface area (Å²) < 4.78 is 0. The lowest BCUT2D eigenvalue weighted by molar-refractivity contribution is 0.112. The number of nitrogens with zero attached hydrogens (tertiary/aromatic N) is 2. The van der Waals surface area contributed by atoms with E-state index in [4.69, 9.17) is 11.6 Å². The van der Waals surface area contributed by atoms with Crippen LogP contribution in [0.5, 0.6) is 0 Å². The fourth-order valence-electron chi connectivity index (χ4n) is 1.58. The van der Waals surface area contributed by atoms with E-state index in [2.05, 4.69) is 9.97 Å². The van der Waals surface area contributed by atoms with Crippen molar-refractivity contribution in [2.45, 2.75) is 13.8 Å². The molecule has 0 saturated carbocycles. The Morgan fingerprint density at radius 2 is 1.76 bits per heavy atom. The summed E-state index contributed by atoms with van der Waals surface area (Å²) in [6.45, 7) is 3.75. The van der Waals surface area contributed by atoms with Crippen LogP contribution < -0.4 is 0 Å². The van der Waals surface area contributed by atoms with E-state index in [9.17, 15) is 4.79 Å². The van der Waals surface area contributed by atoms with Crippen molar-refractivity contribution >= 4 is 17.9 Å². The van der Waals surface area contributed by atoms with Crippen LogP contribution in [-0.2, 0) is 0 Å².